The Balaban J connectivity index is 1.90. The predicted octanol–water partition coefficient (Wildman–Crippen LogP) is 2.15. The number of likely N-dealkylation sites (N-methyl/N-ethyl adjacent to an activating group) is 1. The number of aryl methyl sites for hydroxylation is 1. The van der Waals surface area contributed by atoms with Crippen LogP contribution in [0.4, 0.5) is 14.5 Å². The zero-order valence-corrected chi connectivity index (χ0v) is 14.4. The number of carbonyl (C=O) groups excluding carboxylic acids is 2. The number of hydrogen-bond donors (Lipinski definition) is 2. The van der Waals surface area contributed by atoms with E-state index in [1.807, 2.05) is 13.0 Å². The summed E-state index contributed by atoms with van der Waals surface area (Å²) >= 11 is 3.33. The van der Waals surface area contributed by atoms with Gasteiger partial charge in [-0.15, -0.1) is 0 Å². The van der Waals surface area contributed by atoms with Crippen molar-refractivity contribution < 1.29 is 18.4 Å². The highest BCUT2D eigenvalue weighted by atomic mass is 79.9. The molecule has 1 aromatic carbocycles. The molecule has 1 aliphatic rings. The third kappa shape index (κ3) is 4.71. The Labute approximate surface area is 141 Å². The highest BCUT2D eigenvalue weighted by Crippen LogP contribution is 2.26. The second kappa shape index (κ2) is 6.92. The smallest absolute Gasteiger partial charge is 0.262 e. The van der Waals surface area contributed by atoms with Gasteiger partial charge >= 0.3 is 0 Å². The van der Waals surface area contributed by atoms with Gasteiger partial charge in [0.05, 0.1) is 19.1 Å². The van der Waals surface area contributed by atoms with Gasteiger partial charge in [0, 0.05) is 23.6 Å². The quantitative estimate of drug-likeness (QED) is 0.829. The fourth-order valence-corrected chi connectivity index (χ4v) is 2.88. The van der Waals surface area contributed by atoms with Crippen molar-refractivity contribution in [3.05, 3.63) is 28.2 Å². The number of benzene rings is 1. The van der Waals surface area contributed by atoms with Crippen molar-refractivity contribution in [2.24, 2.45) is 0 Å². The summed E-state index contributed by atoms with van der Waals surface area (Å²) in [5.41, 5.74) is 1.52. The predicted molar refractivity (Wildman–Crippen MR) is 86.5 cm³/mol. The molecule has 2 rings (SSSR count). The molecule has 2 amide bonds. The second-order valence-electron chi connectivity index (χ2n) is 5.70. The van der Waals surface area contributed by atoms with Crippen molar-refractivity contribution in [3.63, 3.8) is 0 Å². The minimum Gasteiger partial charge on any atom is -0.335 e. The van der Waals surface area contributed by atoms with E-state index in [4.69, 9.17) is 0 Å². The van der Waals surface area contributed by atoms with Gasteiger partial charge < -0.3 is 10.2 Å². The number of nitrogens with one attached hydrogen (secondary N) is 2. The van der Waals surface area contributed by atoms with Crippen LogP contribution in [-0.4, -0.2) is 48.8 Å². The van der Waals surface area contributed by atoms with Crippen LogP contribution in [-0.2, 0) is 9.59 Å². The summed E-state index contributed by atoms with van der Waals surface area (Å²) in [4.78, 5) is 25.3. The Morgan fingerprint density at radius 1 is 1.48 bits per heavy atom. The molecular weight excluding hydrogens is 372 g/mol. The lowest BCUT2D eigenvalue weighted by Crippen LogP contribution is -2.44. The molecule has 0 saturated carbocycles. The van der Waals surface area contributed by atoms with Crippen molar-refractivity contribution in [3.8, 4) is 0 Å². The molecule has 126 valence electrons. The highest BCUT2D eigenvalue weighted by Gasteiger charge is 2.43. The summed E-state index contributed by atoms with van der Waals surface area (Å²) in [5, 5.41) is 5.20. The number of nitrogens with zero attached hydrogens (tertiary/aromatic N) is 1. The SMILES string of the molecule is Cc1cc(Br)ccc1NC(=O)CN(C)C(=O)C1CC(F)(F)CN1. The van der Waals surface area contributed by atoms with Gasteiger partial charge in [-0.3, -0.25) is 14.9 Å². The summed E-state index contributed by atoms with van der Waals surface area (Å²) in [6.45, 7) is 1.14. The van der Waals surface area contributed by atoms with Gasteiger partial charge in [-0.2, -0.15) is 0 Å². The van der Waals surface area contributed by atoms with Crippen molar-refractivity contribution >= 4 is 33.4 Å². The van der Waals surface area contributed by atoms with E-state index in [1.54, 1.807) is 12.1 Å². The third-order valence-electron chi connectivity index (χ3n) is 3.63. The van der Waals surface area contributed by atoms with Crippen LogP contribution in [0.2, 0.25) is 0 Å². The average molecular weight is 390 g/mol. The first kappa shape index (κ1) is 17.8. The molecule has 0 aromatic heterocycles. The lowest BCUT2D eigenvalue weighted by Gasteiger charge is -2.21. The number of alkyl halides is 2. The molecule has 1 fully saturated rings. The maximum Gasteiger partial charge on any atom is 0.262 e. The maximum absolute atomic E-state index is 13.1. The van der Waals surface area contributed by atoms with E-state index in [-0.39, 0.29) is 12.5 Å². The van der Waals surface area contributed by atoms with Crippen LogP contribution in [0.5, 0.6) is 0 Å². The number of amides is 2. The summed E-state index contributed by atoms with van der Waals surface area (Å²) in [6, 6.07) is 4.45. The van der Waals surface area contributed by atoms with Crippen molar-refractivity contribution in [2.75, 3.05) is 25.5 Å². The zero-order chi connectivity index (χ0) is 17.2. The number of hydrogen-bond acceptors (Lipinski definition) is 3. The van der Waals surface area contributed by atoms with E-state index < -0.39 is 30.8 Å². The molecule has 0 aliphatic carbocycles. The van der Waals surface area contributed by atoms with E-state index in [9.17, 15) is 18.4 Å². The molecule has 5 nitrogen and oxygen atoms in total. The van der Waals surface area contributed by atoms with Crippen LogP contribution in [0.25, 0.3) is 0 Å². The first-order valence-electron chi connectivity index (χ1n) is 7.10. The summed E-state index contributed by atoms with van der Waals surface area (Å²) in [5.74, 6) is -3.77. The molecule has 8 heteroatoms. The third-order valence-corrected chi connectivity index (χ3v) is 4.12. The van der Waals surface area contributed by atoms with E-state index >= 15 is 0 Å². The molecular formula is C15H18BrF2N3O2. The van der Waals surface area contributed by atoms with Gasteiger partial charge in [0.1, 0.15) is 0 Å². The minimum atomic E-state index is -2.88. The number of rotatable bonds is 4. The first-order valence-corrected chi connectivity index (χ1v) is 7.89. The number of carbonyl (C=O) groups is 2. The molecule has 1 aromatic rings. The van der Waals surface area contributed by atoms with Crippen LogP contribution in [0, 0.1) is 6.92 Å². The second-order valence-corrected chi connectivity index (χ2v) is 6.61. The Bertz CT molecular complexity index is 625. The monoisotopic (exact) mass is 389 g/mol. The van der Waals surface area contributed by atoms with Crippen LogP contribution < -0.4 is 10.6 Å². The number of halogens is 3. The van der Waals surface area contributed by atoms with E-state index in [0.717, 1.165) is 14.9 Å². The van der Waals surface area contributed by atoms with Gasteiger partial charge in [0.2, 0.25) is 11.8 Å². The van der Waals surface area contributed by atoms with Gasteiger partial charge in [0.15, 0.2) is 0 Å². The Kier molecular flexibility index (Phi) is 5.36. The minimum absolute atomic E-state index is 0.196. The molecule has 0 bridgehead atoms. The fourth-order valence-electron chi connectivity index (χ4n) is 2.41. The molecule has 1 saturated heterocycles. The molecule has 1 atom stereocenters. The number of anilines is 1. The average Bonchev–Trinajstić information content (AvgIpc) is 2.81. The summed E-state index contributed by atoms with van der Waals surface area (Å²) in [7, 11) is 1.43. The fraction of sp³-hybridized carbons (Fsp3) is 0.467. The lowest BCUT2D eigenvalue weighted by molar-refractivity contribution is -0.135. The molecule has 0 spiro atoms. The van der Waals surface area contributed by atoms with Crippen LogP contribution in [0.3, 0.4) is 0 Å². The normalized spacial score (nSPS) is 19.4. The van der Waals surface area contributed by atoms with Crippen molar-refractivity contribution in [1.29, 1.82) is 0 Å². The lowest BCUT2D eigenvalue weighted by atomic mass is 10.1. The van der Waals surface area contributed by atoms with E-state index in [1.165, 1.54) is 7.05 Å². The van der Waals surface area contributed by atoms with Crippen molar-refractivity contribution in [2.45, 2.75) is 25.3 Å². The van der Waals surface area contributed by atoms with E-state index in [0.29, 0.717) is 5.69 Å². The van der Waals surface area contributed by atoms with Gasteiger partial charge in [0.25, 0.3) is 5.92 Å². The van der Waals surface area contributed by atoms with E-state index in [2.05, 4.69) is 26.6 Å². The van der Waals surface area contributed by atoms with Crippen LogP contribution in [0.15, 0.2) is 22.7 Å². The van der Waals surface area contributed by atoms with Crippen LogP contribution >= 0.6 is 15.9 Å². The molecule has 1 heterocycles. The topological polar surface area (TPSA) is 61.4 Å². The summed E-state index contributed by atoms with van der Waals surface area (Å²) < 4.78 is 27.2. The summed E-state index contributed by atoms with van der Waals surface area (Å²) in [6.07, 6.45) is -0.538. The van der Waals surface area contributed by atoms with Gasteiger partial charge in [-0.1, -0.05) is 15.9 Å². The standard InChI is InChI=1S/C15H18BrF2N3O2/c1-9-5-10(16)3-4-11(9)20-13(22)7-21(2)14(23)12-6-15(17,18)8-19-12/h3-5,12,19H,6-8H2,1-2H3,(H,20,22). The molecule has 2 N–H and O–H groups in total. The first-order chi connectivity index (χ1) is 10.7. The molecule has 0 radical (unpaired) electrons. The molecule has 23 heavy (non-hydrogen) atoms. The van der Waals surface area contributed by atoms with Gasteiger partial charge in [-0.05, 0) is 30.7 Å². The molecule has 1 aliphatic heterocycles. The highest BCUT2D eigenvalue weighted by molar-refractivity contribution is 9.10. The largest absolute Gasteiger partial charge is 0.335 e. The van der Waals surface area contributed by atoms with Crippen molar-refractivity contribution in [1.82, 2.24) is 10.2 Å². The zero-order valence-electron chi connectivity index (χ0n) is 12.8. The Morgan fingerprint density at radius 3 is 2.74 bits per heavy atom. The van der Waals surface area contributed by atoms with Gasteiger partial charge in [-0.25, -0.2) is 8.78 Å². The maximum atomic E-state index is 13.1. The Hall–Kier alpha value is -1.54. The van der Waals surface area contributed by atoms with Crippen LogP contribution in [0.1, 0.15) is 12.0 Å². The molecule has 1 unspecified atom stereocenters. The Morgan fingerprint density at radius 2 is 2.17 bits per heavy atom.